The van der Waals surface area contributed by atoms with E-state index in [4.69, 9.17) is 0 Å². The maximum atomic E-state index is 13.0. The summed E-state index contributed by atoms with van der Waals surface area (Å²) in [4.78, 5) is 15.0. The van der Waals surface area contributed by atoms with Gasteiger partial charge in [0, 0.05) is 36.8 Å². The third kappa shape index (κ3) is 4.34. The quantitative estimate of drug-likeness (QED) is 0.823. The monoisotopic (exact) mass is 387 g/mol. The lowest BCUT2D eigenvalue weighted by molar-refractivity contribution is 0.0602. The molecule has 2 unspecified atom stereocenters. The molecule has 0 radical (unpaired) electrons. The third-order valence-corrected chi connectivity index (χ3v) is 6.46. The van der Waals surface area contributed by atoms with Crippen LogP contribution < -0.4 is 10.0 Å². The molecule has 2 atom stereocenters. The number of sulfonamides is 1. The number of nitrogens with zero attached hydrogens (tertiary/aromatic N) is 1. The van der Waals surface area contributed by atoms with E-state index in [-0.39, 0.29) is 41.3 Å². The molecule has 1 aliphatic carbocycles. The number of nitrogens with one attached hydrogen (secondary N) is 2. The lowest BCUT2D eigenvalue weighted by Gasteiger charge is -2.39. The van der Waals surface area contributed by atoms with E-state index < -0.39 is 10.0 Å². The highest BCUT2D eigenvalue weighted by molar-refractivity contribution is 7.89. The zero-order chi connectivity index (χ0) is 17.5. The molecule has 1 heterocycles. The normalized spacial score (nSPS) is 23.9. The molecule has 1 saturated carbocycles. The molecule has 1 saturated heterocycles. The molecule has 1 amide bonds. The van der Waals surface area contributed by atoms with E-state index in [1.54, 1.807) is 12.1 Å². The summed E-state index contributed by atoms with van der Waals surface area (Å²) in [5, 5.41) is 3.35. The smallest absolute Gasteiger partial charge is 0.254 e. The topological polar surface area (TPSA) is 78.5 Å². The number of amides is 1. The number of benzene rings is 1. The van der Waals surface area contributed by atoms with E-state index in [0.717, 1.165) is 24.9 Å². The maximum absolute atomic E-state index is 13.0. The number of aryl methyl sites for hydroxylation is 1. The second-order valence-electron chi connectivity index (χ2n) is 6.85. The second kappa shape index (κ2) is 7.61. The number of piperazine rings is 1. The largest absolute Gasteiger partial charge is 0.333 e. The summed E-state index contributed by atoms with van der Waals surface area (Å²) in [6.07, 6.45) is 1.76. The fraction of sp³-hybridized carbons (Fsp3) is 0.588. The van der Waals surface area contributed by atoms with Crippen molar-refractivity contribution >= 4 is 28.3 Å². The number of hydrogen-bond donors (Lipinski definition) is 2. The Kier molecular flexibility index (Phi) is 6.14. The Bertz CT molecular complexity index is 750. The van der Waals surface area contributed by atoms with Gasteiger partial charge in [0.1, 0.15) is 0 Å². The molecule has 2 N–H and O–H groups in total. The summed E-state index contributed by atoms with van der Waals surface area (Å²) in [5.41, 5.74) is 1.26. The van der Waals surface area contributed by atoms with Gasteiger partial charge in [-0.2, -0.15) is 0 Å². The van der Waals surface area contributed by atoms with Crippen molar-refractivity contribution in [3.63, 3.8) is 0 Å². The molecule has 8 heteroatoms. The van der Waals surface area contributed by atoms with Crippen molar-refractivity contribution in [1.82, 2.24) is 14.9 Å². The Balaban J connectivity index is 0.00000225. The van der Waals surface area contributed by atoms with Crippen molar-refractivity contribution in [2.75, 3.05) is 13.1 Å². The van der Waals surface area contributed by atoms with Crippen molar-refractivity contribution in [2.45, 2.75) is 56.6 Å². The van der Waals surface area contributed by atoms with Crippen LogP contribution in [0.5, 0.6) is 0 Å². The van der Waals surface area contributed by atoms with E-state index in [9.17, 15) is 13.2 Å². The van der Waals surface area contributed by atoms with E-state index in [2.05, 4.69) is 17.0 Å². The van der Waals surface area contributed by atoms with Crippen molar-refractivity contribution in [2.24, 2.45) is 0 Å². The van der Waals surface area contributed by atoms with Crippen LogP contribution in [0.1, 0.15) is 42.6 Å². The Hall–Kier alpha value is -1.15. The summed E-state index contributed by atoms with van der Waals surface area (Å²) in [5.74, 6) is -0.100. The molecule has 0 bridgehead atoms. The zero-order valence-electron chi connectivity index (χ0n) is 14.8. The summed E-state index contributed by atoms with van der Waals surface area (Å²) in [6, 6.07) is 5.12. The van der Waals surface area contributed by atoms with Crippen molar-refractivity contribution in [3.05, 3.63) is 29.3 Å². The fourth-order valence-corrected chi connectivity index (χ4v) is 4.32. The minimum absolute atomic E-state index is 0. The molecule has 2 aliphatic rings. The molecule has 1 aromatic carbocycles. The van der Waals surface area contributed by atoms with Crippen LogP contribution >= 0.6 is 12.4 Å². The van der Waals surface area contributed by atoms with Crippen LogP contribution in [0.3, 0.4) is 0 Å². The summed E-state index contributed by atoms with van der Waals surface area (Å²) in [7, 11) is -3.56. The van der Waals surface area contributed by atoms with Gasteiger partial charge in [-0.1, -0.05) is 6.07 Å². The van der Waals surface area contributed by atoms with E-state index in [1.807, 2.05) is 18.7 Å². The lowest BCUT2D eigenvalue weighted by Crippen LogP contribution is -2.57. The zero-order valence-corrected chi connectivity index (χ0v) is 16.4. The first-order valence-corrected chi connectivity index (χ1v) is 9.95. The first kappa shape index (κ1) is 20.2. The standard InChI is InChI=1S/C17H25N3O3S.ClH/c1-11-4-7-15(24(22,23)19-14-5-6-14)10-16(11)17(21)20-9-8-18-12(2)13(20)3;/h4,7,10,12-14,18-19H,5-6,8-9H2,1-3H3;1H. The Morgan fingerprint density at radius 2 is 1.96 bits per heavy atom. The molecular formula is C17H26ClN3O3S. The summed E-state index contributed by atoms with van der Waals surface area (Å²) in [6.45, 7) is 7.28. The van der Waals surface area contributed by atoms with Crippen LogP contribution in [0.15, 0.2) is 23.1 Å². The van der Waals surface area contributed by atoms with Crippen LogP contribution in [0, 0.1) is 6.92 Å². The Morgan fingerprint density at radius 1 is 1.28 bits per heavy atom. The van der Waals surface area contributed by atoms with Crippen LogP contribution in [-0.4, -0.2) is 50.4 Å². The van der Waals surface area contributed by atoms with Gasteiger partial charge in [-0.15, -0.1) is 12.4 Å². The van der Waals surface area contributed by atoms with Crippen molar-refractivity contribution < 1.29 is 13.2 Å². The number of carbonyl (C=O) groups excluding carboxylic acids is 1. The molecule has 1 aliphatic heterocycles. The molecule has 140 valence electrons. The van der Waals surface area contributed by atoms with Gasteiger partial charge in [0.05, 0.1) is 4.90 Å². The van der Waals surface area contributed by atoms with Gasteiger partial charge in [0.2, 0.25) is 10.0 Å². The van der Waals surface area contributed by atoms with E-state index in [0.29, 0.717) is 12.1 Å². The fourth-order valence-electron chi connectivity index (χ4n) is 2.99. The minimum Gasteiger partial charge on any atom is -0.333 e. The van der Waals surface area contributed by atoms with E-state index in [1.165, 1.54) is 6.07 Å². The van der Waals surface area contributed by atoms with Crippen LogP contribution in [-0.2, 0) is 10.0 Å². The SMILES string of the molecule is Cc1ccc(S(=O)(=O)NC2CC2)cc1C(=O)N1CCNC(C)C1C.Cl. The van der Waals surface area contributed by atoms with Gasteiger partial charge >= 0.3 is 0 Å². The van der Waals surface area contributed by atoms with Crippen LogP contribution in [0.25, 0.3) is 0 Å². The van der Waals surface area contributed by atoms with Gasteiger partial charge < -0.3 is 10.2 Å². The van der Waals surface area contributed by atoms with Gasteiger partial charge in [0.25, 0.3) is 5.91 Å². The molecular weight excluding hydrogens is 362 g/mol. The summed E-state index contributed by atoms with van der Waals surface area (Å²) >= 11 is 0. The van der Waals surface area contributed by atoms with Gasteiger partial charge in [0.15, 0.2) is 0 Å². The van der Waals surface area contributed by atoms with E-state index >= 15 is 0 Å². The molecule has 1 aromatic rings. The van der Waals surface area contributed by atoms with Crippen molar-refractivity contribution in [1.29, 1.82) is 0 Å². The van der Waals surface area contributed by atoms with Crippen LogP contribution in [0.2, 0.25) is 0 Å². The Morgan fingerprint density at radius 3 is 2.60 bits per heavy atom. The highest BCUT2D eigenvalue weighted by atomic mass is 35.5. The first-order chi connectivity index (χ1) is 11.3. The molecule has 25 heavy (non-hydrogen) atoms. The predicted octanol–water partition coefficient (Wildman–Crippen LogP) is 1.68. The minimum atomic E-state index is -3.56. The Labute approximate surface area is 155 Å². The number of hydrogen-bond acceptors (Lipinski definition) is 4. The average molecular weight is 388 g/mol. The highest BCUT2D eigenvalue weighted by Crippen LogP contribution is 2.24. The first-order valence-electron chi connectivity index (χ1n) is 8.47. The molecule has 6 nitrogen and oxygen atoms in total. The number of rotatable bonds is 4. The predicted molar refractivity (Wildman–Crippen MR) is 99.7 cm³/mol. The van der Waals surface area contributed by atoms with Gasteiger partial charge in [-0.05, 0) is 51.3 Å². The maximum Gasteiger partial charge on any atom is 0.254 e. The summed E-state index contributed by atoms with van der Waals surface area (Å²) < 4.78 is 27.5. The third-order valence-electron chi connectivity index (χ3n) is 4.94. The van der Waals surface area contributed by atoms with Gasteiger partial charge in [-0.25, -0.2) is 13.1 Å². The molecule has 2 fully saturated rings. The highest BCUT2D eigenvalue weighted by Gasteiger charge is 2.31. The molecule has 3 rings (SSSR count). The lowest BCUT2D eigenvalue weighted by atomic mass is 10.0. The van der Waals surface area contributed by atoms with Crippen LogP contribution in [0.4, 0.5) is 0 Å². The number of halogens is 1. The second-order valence-corrected chi connectivity index (χ2v) is 8.57. The van der Waals surface area contributed by atoms with Gasteiger partial charge in [-0.3, -0.25) is 4.79 Å². The number of carbonyl (C=O) groups is 1. The molecule has 0 spiro atoms. The van der Waals surface area contributed by atoms with Crippen molar-refractivity contribution in [3.8, 4) is 0 Å². The molecule has 0 aromatic heterocycles. The average Bonchev–Trinajstić information content (AvgIpc) is 3.33.